The average Bonchev–Trinajstić information content (AvgIpc) is 3.24. The van der Waals surface area contributed by atoms with Gasteiger partial charge in [-0.3, -0.25) is 14.4 Å². The molecule has 0 spiro atoms. The Morgan fingerprint density at radius 2 is 2.46 bits per heavy atom. The van der Waals surface area contributed by atoms with Crippen molar-refractivity contribution < 1.29 is 9.53 Å². The molecule has 0 radical (unpaired) electrons. The smallest absolute Gasteiger partial charge is 0.239 e. The first kappa shape index (κ1) is 17.1. The third-order valence-electron chi connectivity index (χ3n) is 4.08. The van der Waals surface area contributed by atoms with Crippen LogP contribution < -0.4 is 5.32 Å². The van der Waals surface area contributed by atoms with Crippen LogP contribution in [-0.2, 0) is 23.1 Å². The number of anilines is 1. The zero-order valence-corrected chi connectivity index (χ0v) is 15.0. The molecule has 1 aliphatic rings. The Hall–Kier alpha value is -1.70. The number of hydrogen-bond acceptors (Lipinski definition) is 5. The van der Waals surface area contributed by atoms with Gasteiger partial charge >= 0.3 is 0 Å². The fraction of sp³-hybridized carbons (Fsp3) is 0.529. The van der Waals surface area contributed by atoms with E-state index in [-0.39, 0.29) is 12.0 Å². The number of hydrogen-bond donors (Lipinski definition) is 1. The minimum atomic E-state index is -0.0208. The van der Waals surface area contributed by atoms with Gasteiger partial charge in [-0.1, -0.05) is 6.07 Å². The van der Waals surface area contributed by atoms with Gasteiger partial charge in [0, 0.05) is 37.7 Å². The topological polar surface area (TPSA) is 59.4 Å². The Bertz CT molecular complexity index is 662. The van der Waals surface area contributed by atoms with Crippen LogP contribution in [-0.4, -0.2) is 46.4 Å². The van der Waals surface area contributed by atoms with Gasteiger partial charge in [-0.05, 0) is 31.2 Å². The van der Waals surface area contributed by atoms with E-state index in [0.717, 1.165) is 44.0 Å². The van der Waals surface area contributed by atoms with Crippen molar-refractivity contribution in [3.63, 3.8) is 0 Å². The highest BCUT2D eigenvalue weighted by atomic mass is 32.1. The number of thiophene rings is 1. The molecular weight excluding hydrogens is 324 g/mol. The molecule has 0 saturated carbocycles. The van der Waals surface area contributed by atoms with Crippen LogP contribution in [0.5, 0.6) is 0 Å². The molecule has 7 heteroatoms. The first-order valence-electron chi connectivity index (χ1n) is 8.27. The Morgan fingerprint density at radius 3 is 3.08 bits per heavy atom. The van der Waals surface area contributed by atoms with E-state index in [1.54, 1.807) is 16.0 Å². The van der Waals surface area contributed by atoms with Crippen molar-refractivity contribution in [1.29, 1.82) is 0 Å². The van der Waals surface area contributed by atoms with Gasteiger partial charge in [-0.2, -0.15) is 5.10 Å². The van der Waals surface area contributed by atoms with Gasteiger partial charge in [0.2, 0.25) is 5.91 Å². The van der Waals surface area contributed by atoms with Gasteiger partial charge in [0.25, 0.3) is 0 Å². The van der Waals surface area contributed by atoms with Crippen LogP contribution >= 0.6 is 11.3 Å². The lowest BCUT2D eigenvalue weighted by atomic mass is 10.2. The van der Waals surface area contributed by atoms with E-state index in [1.807, 2.05) is 26.1 Å². The lowest BCUT2D eigenvalue weighted by Crippen LogP contribution is -2.38. The van der Waals surface area contributed by atoms with Crippen LogP contribution in [0.25, 0.3) is 0 Å². The highest BCUT2D eigenvalue weighted by molar-refractivity contribution is 7.09. The van der Waals surface area contributed by atoms with E-state index >= 15 is 0 Å². The molecule has 1 saturated heterocycles. The van der Waals surface area contributed by atoms with Crippen molar-refractivity contribution in [1.82, 2.24) is 14.7 Å². The molecule has 0 unspecified atom stereocenters. The van der Waals surface area contributed by atoms with Crippen molar-refractivity contribution >= 4 is 23.1 Å². The fourth-order valence-electron chi connectivity index (χ4n) is 3.00. The minimum absolute atomic E-state index is 0.0208. The van der Waals surface area contributed by atoms with E-state index in [1.165, 1.54) is 4.88 Å². The molecule has 24 heavy (non-hydrogen) atoms. The summed E-state index contributed by atoms with van der Waals surface area (Å²) >= 11 is 1.72. The van der Waals surface area contributed by atoms with Crippen LogP contribution in [0, 0.1) is 6.92 Å². The summed E-state index contributed by atoms with van der Waals surface area (Å²) in [5, 5.41) is 9.27. The summed E-state index contributed by atoms with van der Waals surface area (Å²) in [5.41, 5.74) is 0.891. The number of ether oxygens (including phenoxy) is 1. The van der Waals surface area contributed by atoms with Crippen LogP contribution in [0.2, 0.25) is 0 Å². The number of amides is 1. The Labute approximate surface area is 146 Å². The number of rotatable bonds is 7. The van der Waals surface area contributed by atoms with Gasteiger partial charge in [0.1, 0.15) is 5.82 Å². The van der Waals surface area contributed by atoms with Crippen molar-refractivity contribution in [2.45, 2.75) is 32.4 Å². The van der Waals surface area contributed by atoms with Gasteiger partial charge in [-0.15, -0.1) is 11.3 Å². The van der Waals surface area contributed by atoms with Crippen molar-refractivity contribution in [3.05, 3.63) is 34.2 Å². The van der Waals surface area contributed by atoms with Gasteiger partial charge in [0.15, 0.2) is 0 Å². The Balaban J connectivity index is 1.61. The molecule has 1 aliphatic heterocycles. The monoisotopic (exact) mass is 348 g/mol. The van der Waals surface area contributed by atoms with E-state index in [0.29, 0.717) is 6.54 Å². The summed E-state index contributed by atoms with van der Waals surface area (Å²) in [6, 6.07) is 6.03. The molecule has 3 heterocycles. The largest absolute Gasteiger partial charge is 0.377 e. The zero-order chi connectivity index (χ0) is 16.9. The van der Waals surface area contributed by atoms with Gasteiger partial charge < -0.3 is 10.1 Å². The molecule has 2 aromatic rings. The van der Waals surface area contributed by atoms with Crippen molar-refractivity contribution in [2.75, 3.05) is 25.0 Å². The van der Waals surface area contributed by atoms with Gasteiger partial charge in [0.05, 0.1) is 18.3 Å². The Morgan fingerprint density at radius 1 is 1.58 bits per heavy atom. The predicted octanol–water partition coefficient (Wildman–Crippen LogP) is 2.41. The van der Waals surface area contributed by atoms with Crippen LogP contribution in [0.4, 0.5) is 5.82 Å². The van der Waals surface area contributed by atoms with E-state index in [4.69, 9.17) is 4.74 Å². The second-order valence-corrected chi connectivity index (χ2v) is 7.26. The maximum absolute atomic E-state index is 12.5. The number of nitrogens with zero attached hydrogens (tertiary/aromatic N) is 3. The molecule has 0 bridgehead atoms. The maximum atomic E-state index is 12.5. The molecular formula is C17H24N4O2S. The fourth-order valence-corrected chi connectivity index (χ4v) is 3.74. The molecule has 130 valence electrons. The highest BCUT2D eigenvalue weighted by Crippen LogP contribution is 2.17. The van der Waals surface area contributed by atoms with Crippen LogP contribution in [0.1, 0.15) is 23.4 Å². The number of aryl methyl sites for hydroxylation is 2. The highest BCUT2D eigenvalue weighted by Gasteiger charge is 2.21. The van der Waals surface area contributed by atoms with Crippen LogP contribution in [0.15, 0.2) is 23.6 Å². The lowest BCUT2D eigenvalue weighted by Gasteiger charge is -2.24. The summed E-state index contributed by atoms with van der Waals surface area (Å²) in [5.74, 6) is 0.707. The number of nitrogens with one attached hydrogen (secondary N) is 1. The normalized spacial score (nSPS) is 17.5. The molecule has 3 rings (SSSR count). The minimum Gasteiger partial charge on any atom is -0.377 e. The summed E-state index contributed by atoms with van der Waals surface area (Å²) in [4.78, 5) is 15.9. The van der Waals surface area contributed by atoms with Crippen molar-refractivity contribution in [2.24, 2.45) is 7.05 Å². The summed E-state index contributed by atoms with van der Waals surface area (Å²) in [6.07, 6.45) is 2.42. The van der Waals surface area contributed by atoms with E-state index < -0.39 is 0 Å². The summed E-state index contributed by atoms with van der Waals surface area (Å²) < 4.78 is 7.43. The average molecular weight is 348 g/mol. The summed E-state index contributed by atoms with van der Waals surface area (Å²) in [7, 11) is 1.83. The van der Waals surface area contributed by atoms with Crippen molar-refractivity contribution in [3.8, 4) is 0 Å². The molecule has 1 N–H and O–H groups in total. The zero-order valence-electron chi connectivity index (χ0n) is 14.2. The molecule has 2 aromatic heterocycles. The second kappa shape index (κ2) is 7.92. The molecule has 0 aliphatic carbocycles. The molecule has 1 atom stereocenters. The third kappa shape index (κ3) is 4.66. The number of carbonyl (C=O) groups is 1. The lowest BCUT2D eigenvalue weighted by molar-refractivity contribution is -0.117. The Kier molecular flexibility index (Phi) is 5.65. The quantitative estimate of drug-likeness (QED) is 0.835. The maximum Gasteiger partial charge on any atom is 0.239 e. The first-order chi connectivity index (χ1) is 11.6. The predicted molar refractivity (Wildman–Crippen MR) is 95.1 cm³/mol. The molecule has 0 aromatic carbocycles. The first-order valence-corrected chi connectivity index (χ1v) is 9.15. The van der Waals surface area contributed by atoms with E-state index in [2.05, 4.69) is 26.8 Å². The number of aromatic nitrogens is 2. The molecule has 1 fully saturated rings. The van der Waals surface area contributed by atoms with E-state index in [9.17, 15) is 4.79 Å². The van der Waals surface area contributed by atoms with Crippen LogP contribution in [0.3, 0.4) is 0 Å². The summed E-state index contributed by atoms with van der Waals surface area (Å²) in [6.45, 7) is 4.65. The standard InChI is InChI=1S/C17H24N4O2S/c1-13-9-16(20(2)19-13)18-17(22)12-21(10-14-5-3-7-23-14)11-15-6-4-8-24-15/h4,6,8-9,14H,3,5,7,10-12H2,1-2H3,(H,18,22)/t14-/m0/s1. The molecule has 1 amide bonds. The third-order valence-corrected chi connectivity index (χ3v) is 4.94. The second-order valence-electron chi connectivity index (χ2n) is 6.23. The SMILES string of the molecule is Cc1cc(NC(=O)CN(Cc2cccs2)C[C@@H]2CCCO2)n(C)n1. The molecule has 6 nitrogen and oxygen atoms in total. The van der Waals surface area contributed by atoms with Gasteiger partial charge in [-0.25, -0.2) is 0 Å². The number of carbonyl (C=O) groups excluding carboxylic acids is 1.